The van der Waals surface area contributed by atoms with Crippen molar-refractivity contribution in [3.8, 4) is 0 Å². The molecule has 0 aromatic carbocycles. The second-order valence-corrected chi connectivity index (χ2v) is 3.09. The Morgan fingerprint density at radius 2 is 2.53 bits per heavy atom. The molecule has 7 nitrogen and oxygen atoms in total. The molecule has 0 bridgehead atoms. The van der Waals surface area contributed by atoms with Crippen LogP contribution in [0.15, 0.2) is 10.5 Å². The van der Waals surface area contributed by atoms with Gasteiger partial charge in [0, 0.05) is 5.38 Å². The third kappa shape index (κ3) is 2.74. The Labute approximate surface area is 88.4 Å². The molecular weight excluding hydrogens is 222 g/mol. The molecule has 0 spiro atoms. The van der Waals surface area contributed by atoms with Gasteiger partial charge in [-0.1, -0.05) is 5.16 Å². The van der Waals surface area contributed by atoms with Gasteiger partial charge in [0.2, 0.25) is 12.1 Å². The summed E-state index contributed by atoms with van der Waals surface area (Å²) in [6.45, 7) is 0. The van der Waals surface area contributed by atoms with Crippen molar-refractivity contribution in [1.82, 2.24) is 4.98 Å². The second kappa shape index (κ2) is 5.05. The number of rotatable bonds is 5. The zero-order valence-electron chi connectivity index (χ0n) is 7.63. The van der Waals surface area contributed by atoms with Crippen molar-refractivity contribution in [2.24, 2.45) is 5.16 Å². The predicted octanol–water partition coefficient (Wildman–Crippen LogP) is 0.147. The van der Waals surface area contributed by atoms with Gasteiger partial charge in [0.1, 0.15) is 12.8 Å². The minimum absolute atomic E-state index is 0.138. The Hall–Kier alpha value is -1.96. The summed E-state index contributed by atoms with van der Waals surface area (Å²) in [7, 11) is 1.24. The standard InChI is InChI=1S/C7H7N3O4S/c1-14-10-5(6(12)13)4-2-15-7(9-4)8-3-11/h2-3H,1H3,(H,12,13)(H,8,9,11)/b10-5-. The SMILES string of the molecule is CO/N=C(\C(=O)O)c1csc(NC=O)n1. The van der Waals surface area contributed by atoms with Gasteiger partial charge in [0.25, 0.3) is 0 Å². The highest BCUT2D eigenvalue weighted by Gasteiger charge is 2.17. The van der Waals surface area contributed by atoms with E-state index >= 15 is 0 Å². The molecule has 80 valence electrons. The number of carboxylic acid groups (broad SMARTS) is 1. The summed E-state index contributed by atoms with van der Waals surface area (Å²) in [6.07, 6.45) is 0.455. The maximum absolute atomic E-state index is 10.7. The molecule has 0 unspecified atom stereocenters. The molecule has 1 rings (SSSR count). The molecule has 1 heterocycles. The van der Waals surface area contributed by atoms with Crippen molar-refractivity contribution in [1.29, 1.82) is 0 Å². The van der Waals surface area contributed by atoms with E-state index in [9.17, 15) is 9.59 Å². The molecule has 0 aliphatic rings. The molecule has 1 amide bonds. The van der Waals surface area contributed by atoms with Crippen molar-refractivity contribution < 1.29 is 19.5 Å². The van der Waals surface area contributed by atoms with E-state index in [2.05, 4.69) is 20.3 Å². The maximum atomic E-state index is 10.7. The lowest BCUT2D eigenvalue weighted by Crippen LogP contribution is -2.15. The third-order valence-corrected chi connectivity index (χ3v) is 2.09. The normalized spacial score (nSPS) is 10.9. The molecule has 0 aliphatic carbocycles. The van der Waals surface area contributed by atoms with E-state index in [-0.39, 0.29) is 11.4 Å². The molecule has 1 aromatic rings. The summed E-state index contributed by atoms with van der Waals surface area (Å²) >= 11 is 1.09. The third-order valence-electron chi connectivity index (χ3n) is 1.31. The quantitative estimate of drug-likeness (QED) is 0.425. The maximum Gasteiger partial charge on any atom is 0.360 e. The van der Waals surface area contributed by atoms with Gasteiger partial charge < -0.3 is 15.3 Å². The van der Waals surface area contributed by atoms with Gasteiger partial charge in [-0.25, -0.2) is 9.78 Å². The Morgan fingerprint density at radius 1 is 1.80 bits per heavy atom. The lowest BCUT2D eigenvalue weighted by Gasteiger charge is -1.94. The first-order valence-electron chi connectivity index (χ1n) is 3.69. The molecule has 1 aromatic heterocycles. The van der Waals surface area contributed by atoms with Crippen molar-refractivity contribution in [2.45, 2.75) is 0 Å². The topological polar surface area (TPSA) is 101 Å². The Bertz CT molecular complexity index is 401. The first-order chi connectivity index (χ1) is 7.19. The van der Waals surface area contributed by atoms with E-state index < -0.39 is 5.97 Å². The molecule has 0 radical (unpaired) electrons. The average molecular weight is 229 g/mol. The first-order valence-corrected chi connectivity index (χ1v) is 4.57. The Morgan fingerprint density at radius 3 is 3.07 bits per heavy atom. The van der Waals surface area contributed by atoms with Crippen molar-refractivity contribution in [3.63, 3.8) is 0 Å². The van der Waals surface area contributed by atoms with E-state index in [0.717, 1.165) is 11.3 Å². The molecule has 2 N–H and O–H groups in total. The zero-order chi connectivity index (χ0) is 11.3. The fraction of sp³-hybridized carbons (Fsp3) is 0.143. The van der Waals surface area contributed by atoms with Crippen LogP contribution in [-0.2, 0) is 14.4 Å². The number of amides is 1. The Kier molecular flexibility index (Phi) is 3.75. The highest BCUT2D eigenvalue weighted by molar-refractivity contribution is 7.14. The molecule has 0 fully saturated rings. The fourth-order valence-electron chi connectivity index (χ4n) is 0.786. The molecule has 0 aliphatic heterocycles. The smallest absolute Gasteiger partial charge is 0.360 e. The van der Waals surface area contributed by atoms with E-state index in [4.69, 9.17) is 5.11 Å². The van der Waals surface area contributed by atoms with Crippen LogP contribution in [0.3, 0.4) is 0 Å². The van der Waals surface area contributed by atoms with Gasteiger partial charge in [-0.3, -0.25) is 4.79 Å². The first kappa shape index (κ1) is 11.1. The molecular formula is C7H7N3O4S. The fourth-order valence-corrected chi connectivity index (χ4v) is 1.44. The minimum atomic E-state index is -1.25. The number of thiazole rings is 1. The number of aliphatic carboxylic acids is 1. The van der Waals surface area contributed by atoms with Crippen LogP contribution in [0.4, 0.5) is 5.13 Å². The Balaban J connectivity index is 2.97. The number of carbonyl (C=O) groups is 2. The van der Waals surface area contributed by atoms with Crippen LogP contribution in [-0.4, -0.2) is 35.3 Å². The molecule has 15 heavy (non-hydrogen) atoms. The average Bonchev–Trinajstić information content (AvgIpc) is 2.62. The zero-order valence-corrected chi connectivity index (χ0v) is 8.45. The van der Waals surface area contributed by atoms with E-state index in [1.54, 1.807) is 0 Å². The van der Waals surface area contributed by atoms with Crippen molar-refractivity contribution >= 4 is 34.6 Å². The number of aromatic nitrogens is 1. The second-order valence-electron chi connectivity index (χ2n) is 2.23. The van der Waals surface area contributed by atoms with Gasteiger partial charge in [-0.05, 0) is 0 Å². The minimum Gasteiger partial charge on any atom is -0.476 e. The summed E-state index contributed by atoms with van der Waals surface area (Å²) in [4.78, 5) is 29.0. The molecule has 0 saturated heterocycles. The number of hydrogen-bond donors (Lipinski definition) is 2. The van der Waals surface area contributed by atoms with Crippen molar-refractivity contribution in [2.75, 3.05) is 12.4 Å². The largest absolute Gasteiger partial charge is 0.476 e. The molecule has 8 heteroatoms. The predicted molar refractivity (Wildman–Crippen MR) is 53.0 cm³/mol. The number of nitrogens with zero attached hydrogens (tertiary/aromatic N) is 2. The van der Waals surface area contributed by atoms with E-state index in [0.29, 0.717) is 11.5 Å². The number of hydrogen-bond acceptors (Lipinski definition) is 6. The molecule has 0 atom stereocenters. The number of carboxylic acids is 1. The summed E-state index contributed by atoms with van der Waals surface area (Å²) in [5, 5.41) is 16.1. The van der Waals surface area contributed by atoms with Crippen LogP contribution < -0.4 is 5.32 Å². The number of carbonyl (C=O) groups excluding carboxylic acids is 1. The summed E-state index contributed by atoms with van der Waals surface area (Å²) in [5.74, 6) is -1.25. The van der Waals surface area contributed by atoms with Gasteiger partial charge in [0.15, 0.2) is 5.13 Å². The summed E-state index contributed by atoms with van der Waals surface area (Å²) in [6, 6.07) is 0. The van der Waals surface area contributed by atoms with Crippen LogP contribution in [0.1, 0.15) is 5.69 Å². The van der Waals surface area contributed by atoms with Crippen LogP contribution in [0.2, 0.25) is 0 Å². The lowest BCUT2D eigenvalue weighted by atomic mass is 10.3. The van der Waals surface area contributed by atoms with Gasteiger partial charge in [0.05, 0.1) is 0 Å². The molecule has 0 saturated carbocycles. The van der Waals surface area contributed by atoms with E-state index in [1.165, 1.54) is 12.5 Å². The lowest BCUT2D eigenvalue weighted by molar-refractivity contribution is -0.129. The van der Waals surface area contributed by atoms with Crippen LogP contribution in [0, 0.1) is 0 Å². The number of anilines is 1. The van der Waals surface area contributed by atoms with Crippen LogP contribution in [0.5, 0.6) is 0 Å². The number of nitrogens with one attached hydrogen (secondary N) is 1. The summed E-state index contributed by atoms with van der Waals surface area (Å²) in [5.41, 5.74) is -0.175. The highest BCUT2D eigenvalue weighted by atomic mass is 32.1. The van der Waals surface area contributed by atoms with Crippen molar-refractivity contribution in [3.05, 3.63) is 11.1 Å². The highest BCUT2D eigenvalue weighted by Crippen LogP contribution is 2.15. The number of oxime groups is 1. The van der Waals surface area contributed by atoms with Gasteiger partial charge in [-0.15, -0.1) is 11.3 Å². The monoisotopic (exact) mass is 229 g/mol. The van der Waals surface area contributed by atoms with Gasteiger partial charge >= 0.3 is 5.97 Å². The van der Waals surface area contributed by atoms with Crippen LogP contribution in [0.25, 0.3) is 0 Å². The van der Waals surface area contributed by atoms with E-state index in [1.807, 2.05) is 0 Å². The van der Waals surface area contributed by atoms with Gasteiger partial charge in [-0.2, -0.15) is 0 Å². The summed E-state index contributed by atoms with van der Waals surface area (Å²) < 4.78 is 0. The van der Waals surface area contributed by atoms with Crippen LogP contribution >= 0.6 is 11.3 Å².